The number of benzene rings is 2. The Bertz CT molecular complexity index is 976. The molecule has 0 spiro atoms. The fraction of sp³-hybridized carbons (Fsp3) is 0.333. The van der Waals surface area contributed by atoms with E-state index in [4.69, 9.17) is 9.72 Å². The van der Waals surface area contributed by atoms with Gasteiger partial charge in [0.05, 0.1) is 23.4 Å². The second kappa shape index (κ2) is 8.28. The van der Waals surface area contributed by atoms with Crippen LogP contribution in [0, 0.1) is 13.8 Å². The maximum Gasteiger partial charge on any atom is 0.309 e. The molecule has 156 valence electrons. The summed E-state index contributed by atoms with van der Waals surface area (Å²) in [5.74, 6) is 0.188. The summed E-state index contributed by atoms with van der Waals surface area (Å²) >= 11 is 1.51. The van der Waals surface area contributed by atoms with E-state index in [0.717, 1.165) is 27.7 Å². The van der Waals surface area contributed by atoms with E-state index in [2.05, 4.69) is 67.4 Å². The quantitative estimate of drug-likeness (QED) is 0.451. The van der Waals surface area contributed by atoms with Crippen molar-refractivity contribution in [2.45, 2.75) is 50.5 Å². The van der Waals surface area contributed by atoms with Crippen LogP contribution < -0.4 is 0 Å². The molecule has 5 nitrogen and oxygen atoms in total. The predicted octanol–water partition coefficient (Wildman–Crippen LogP) is 4.91. The van der Waals surface area contributed by atoms with Gasteiger partial charge in [-0.15, -0.1) is 0 Å². The topological polar surface area (TPSA) is 75.2 Å². The number of ether oxygens (including phenoxy) is 1. The van der Waals surface area contributed by atoms with Crippen molar-refractivity contribution in [2.24, 2.45) is 0 Å². The van der Waals surface area contributed by atoms with Gasteiger partial charge in [-0.1, -0.05) is 71.4 Å². The highest BCUT2D eigenvalue weighted by Gasteiger charge is 2.36. The van der Waals surface area contributed by atoms with Gasteiger partial charge >= 0.3 is 5.97 Å². The Morgan fingerprint density at radius 1 is 1.10 bits per heavy atom. The van der Waals surface area contributed by atoms with E-state index in [1.165, 1.54) is 22.9 Å². The van der Waals surface area contributed by atoms with Gasteiger partial charge in [0.2, 0.25) is 0 Å². The van der Waals surface area contributed by atoms with E-state index < -0.39 is 5.60 Å². The van der Waals surface area contributed by atoms with Crippen molar-refractivity contribution < 1.29 is 14.6 Å². The number of imidazole rings is 1. The Hall–Kier alpha value is -2.57. The number of nitrogens with zero attached hydrogens (tertiary/aromatic N) is 1. The molecule has 0 amide bonds. The standard InChI is InChI=1S/C24H26N2O3S/c1-15-4-8-17(9-5-15)21-22(18-10-6-16(2)7-11-18)26-23(25-21)30-14-19-12-24(3,28)13-20(27)29-19/h4-11,19,28H,12-14H2,1-3H3,(H,25,26)/t19-,24+/m0/s1. The number of cyclic esters (lactones) is 1. The van der Waals surface area contributed by atoms with Crippen LogP contribution in [0.25, 0.3) is 22.5 Å². The SMILES string of the molecule is Cc1ccc(-c2nc(SC[C@@H]3C[C@@](C)(O)CC(=O)O3)[nH]c2-c2ccc(C)cc2)cc1. The average Bonchev–Trinajstić information content (AvgIpc) is 3.10. The lowest BCUT2D eigenvalue weighted by molar-refractivity contribution is -0.165. The van der Waals surface area contributed by atoms with E-state index in [1.54, 1.807) is 6.92 Å². The smallest absolute Gasteiger partial charge is 0.309 e. The lowest BCUT2D eigenvalue weighted by atomic mass is 9.93. The van der Waals surface area contributed by atoms with Crippen LogP contribution in [0.5, 0.6) is 0 Å². The molecule has 2 N–H and O–H groups in total. The van der Waals surface area contributed by atoms with Gasteiger partial charge in [-0.3, -0.25) is 4.79 Å². The molecule has 1 aliphatic rings. The second-order valence-corrected chi connectivity index (χ2v) is 9.31. The first-order valence-electron chi connectivity index (χ1n) is 10.1. The molecule has 2 aromatic carbocycles. The van der Waals surface area contributed by atoms with E-state index in [0.29, 0.717) is 12.2 Å². The summed E-state index contributed by atoms with van der Waals surface area (Å²) in [5.41, 5.74) is 5.38. The van der Waals surface area contributed by atoms with Gasteiger partial charge in [0.25, 0.3) is 0 Å². The van der Waals surface area contributed by atoms with Crippen molar-refractivity contribution in [3.05, 3.63) is 59.7 Å². The molecule has 0 radical (unpaired) electrons. The third-order valence-corrected chi connectivity index (χ3v) is 6.25. The first-order chi connectivity index (χ1) is 14.3. The van der Waals surface area contributed by atoms with E-state index in [-0.39, 0.29) is 18.5 Å². The van der Waals surface area contributed by atoms with E-state index >= 15 is 0 Å². The van der Waals surface area contributed by atoms with Crippen molar-refractivity contribution >= 4 is 17.7 Å². The number of aromatic nitrogens is 2. The summed E-state index contributed by atoms with van der Waals surface area (Å²) in [7, 11) is 0. The fourth-order valence-corrected chi connectivity index (χ4v) is 4.54. The first kappa shape index (κ1) is 20.7. The maximum atomic E-state index is 11.8. The first-order valence-corrected chi connectivity index (χ1v) is 11.1. The van der Waals surface area contributed by atoms with Crippen molar-refractivity contribution in [3.8, 4) is 22.5 Å². The van der Waals surface area contributed by atoms with Crippen LogP contribution in [0.3, 0.4) is 0 Å². The lowest BCUT2D eigenvalue weighted by Gasteiger charge is -2.32. The summed E-state index contributed by atoms with van der Waals surface area (Å²) < 4.78 is 5.41. The average molecular weight is 423 g/mol. The van der Waals surface area contributed by atoms with Crippen molar-refractivity contribution in [3.63, 3.8) is 0 Å². The number of rotatable bonds is 5. The predicted molar refractivity (Wildman–Crippen MR) is 119 cm³/mol. The van der Waals surface area contributed by atoms with Gasteiger partial charge in [0.15, 0.2) is 5.16 Å². The van der Waals surface area contributed by atoms with Crippen LogP contribution in [-0.2, 0) is 9.53 Å². The number of hydrogen-bond acceptors (Lipinski definition) is 5. The van der Waals surface area contributed by atoms with Crippen LogP contribution in [0.2, 0.25) is 0 Å². The van der Waals surface area contributed by atoms with Crippen LogP contribution in [0.4, 0.5) is 0 Å². The normalized spacial score (nSPS) is 21.5. The zero-order valence-corrected chi connectivity index (χ0v) is 18.3. The Morgan fingerprint density at radius 3 is 2.30 bits per heavy atom. The molecule has 1 saturated heterocycles. The molecule has 1 aromatic heterocycles. The molecule has 0 unspecified atom stereocenters. The van der Waals surface area contributed by atoms with Gasteiger partial charge in [0.1, 0.15) is 6.10 Å². The van der Waals surface area contributed by atoms with E-state index in [9.17, 15) is 9.90 Å². The molecule has 0 aliphatic carbocycles. The van der Waals surface area contributed by atoms with Gasteiger partial charge in [-0.05, 0) is 20.8 Å². The Kier molecular flexibility index (Phi) is 5.71. The monoisotopic (exact) mass is 422 g/mol. The third kappa shape index (κ3) is 4.77. The summed E-state index contributed by atoms with van der Waals surface area (Å²) in [5, 5.41) is 11.0. The number of carbonyl (C=O) groups excluding carboxylic acids is 1. The second-order valence-electron chi connectivity index (χ2n) is 8.30. The lowest BCUT2D eigenvalue weighted by Crippen LogP contribution is -2.41. The molecular formula is C24H26N2O3S. The molecule has 1 aliphatic heterocycles. The van der Waals surface area contributed by atoms with Crippen LogP contribution in [0.15, 0.2) is 53.7 Å². The zero-order valence-electron chi connectivity index (χ0n) is 17.4. The summed E-state index contributed by atoms with van der Waals surface area (Å²) in [6.07, 6.45) is 0.147. The Morgan fingerprint density at radius 2 is 1.70 bits per heavy atom. The van der Waals surface area contributed by atoms with E-state index in [1.807, 2.05) is 0 Å². The number of aryl methyl sites for hydroxylation is 2. The number of hydrogen-bond donors (Lipinski definition) is 2. The molecule has 0 bridgehead atoms. The van der Waals surface area contributed by atoms with Gasteiger partial charge < -0.3 is 14.8 Å². The molecule has 1 fully saturated rings. The molecule has 3 aromatic rings. The summed E-state index contributed by atoms with van der Waals surface area (Å²) in [6, 6.07) is 16.7. The minimum atomic E-state index is -1.01. The van der Waals surface area contributed by atoms with Crippen LogP contribution in [-0.4, -0.2) is 38.5 Å². The van der Waals surface area contributed by atoms with Gasteiger partial charge in [-0.25, -0.2) is 4.98 Å². The number of carbonyl (C=O) groups is 1. The summed E-state index contributed by atoms with van der Waals surface area (Å²) in [6.45, 7) is 5.82. The molecule has 2 heterocycles. The highest BCUT2D eigenvalue weighted by molar-refractivity contribution is 7.99. The van der Waals surface area contributed by atoms with Gasteiger partial charge in [0, 0.05) is 23.3 Å². The van der Waals surface area contributed by atoms with Crippen molar-refractivity contribution in [1.82, 2.24) is 9.97 Å². The number of esters is 1. The number of nitrogens with one attached hydrogen (secondary N) is 1. The molecule has 30 heavy (non-hydrogen) atoms. The zero-order chi connectivity index (χ0) is 21.3. The van der Waals surface area contributed by atoms with Crippen molar-refractivity contribution in [1.29, 1.82) is 0 Å². The molecule has 6 heteroatoms. The Balaban J connectivity index is 1.61. The molecule has 2 atom stereocenters. The van der Waals surface area contributed by atoms with Crippen LogP contribution >= 0.6 is 11.8 Å². The Labute approximate surface area is 180 Å². The van der Waals surface area contributed by atoms with Crippen LogP contribution in [0.1, 0.15) is 30.9 Å². The van der Waals surface area contributed by atoms with Crippen molar-refractivity contribution in [2.75, 3.05) is 5.75 Å². The highest BCUT2D eigenvalue weighted by Crippen LogP contribution is 2.34. The molecule has 0 saturated carbocycles. The third-order valence-electron chi connectivity index (χ3n) is 5.24. The molecular weight excluding hydrogens is 396 g/mol. The molecule has 4 rings (SSSR count). The number of thioether (sulfide) groups is 1. The minimum Gasteiger partial charge on any atom is -0.461 e. The number of aliphatic hydroxyl groups is 1. The maximum absolute atomic E-state index is 11.8. The number of aromatic amines is 1. The van der Waals surface area contributed by atoms with Gasteiger partial charge in [-0.2, -0.15) is 0 Å². The highest BCUT2D eigenvalue weighted by atomic mass is 32.2. The largest absolute Gasteiger partial charge is 0.461 e. The number of H-pyrrole nitrogens is 1. The summed E-state index contributed by atoms with van der Waals surface area (Å²) in [4.78, 5) is 20.1. The minimum absolute atomic E-state index is 0.0457. The fourth-order valence-electron chi connectivity index (χ4n) is 3.68.